The van der Waals surface area contributed by atoms with Crippen molar-refractivity contribution in [3.63, 3.8) is 0 Å². The molecule has 4 amide bonds. The highest BCUT2D eigenvalue weighted by Gasteiger charge is 2.27. The van der Waals surface area contributed by atoms with Crippen molar-refractivity contribution in [3.8, 4) is 0 Å². The van der Waals surface area contributed by atoms with Gasteiger partial charge in [-0.1, -0.05) is 30.3 Å². The van der Waals surface area contributed by atoms with Gasteiger partial charge in [-0.3, -0.25) is 24.0 Å². The molecule has 0 heterocycles. The molecule has 1 aromatic rings. The molecule has 0 fully saturated rings. The van der Waals surface area contributed by atoms with Crippen molar-refractivity contribution in [1.29, 1.82) is 0 Å². The lowest BCUT2D eigenvalue weighted by atomic mass is 10.0. The first-order valence-electron chi connectivity index (χ1n) is 10.4. The van der Waals surface area contributed by atoms with E-state index >= 15 is 0 Å². The molecule has 3 atom stereocenters. The number of carbonyl (C=O) groups is 6. The van der Waals surface area contributed by atoms with Gasteiger partial charge in [0.2, 0.25) is 23.6 Å². The van der Waals surface area contributed by atoms with Crippen LogP contribution in [0.3, 0.4) is 0 Å². The summed E-state index contributed by atoms with van der Waals surface area (Å²) in [7, 11) is 0. The second-order valence-corrected chi connectivity index (χ2v) is 7.47. The highest BCUT2D eigenvalue weighted by atomic mass is 16.4. The first-order valence-corrected chi connectivity index (χ1v) is 10.4. The van der Waals surface area contributed by atoms with E-state index in [2.05, 4.69) is 16.0 Å². The highest BCUT2D eigenvalue weighted by Crippen LogP contribution is 2.05. The monoisotopic (exact) mass is 479 g/mol. The van der Waals surface area contributed by atoms with Crippen molar-refractivity contribution in [2.45, 2.75) is 50.2 Å². The third-order valence-electron chi connectivity index (χ3n) is 4.66. The van der Waals surface area contributed by atoms with Crippen LogP contribution in [-0.2, 0) is 35.2 Å². The number of nitrogens with two attached hydrogens (primary N) is 2. The van der Waals surface area contributed by atoms with Crippen LogP contribution in [0.25, 0.3) is 0 Å². The fraction of sp³-hybridized carbons (Fsp3) is 0.429. The molecule has 0 saturated carbocycles. The summed E-state index contributed by atoms with van der Waals surface area (Å²) in [6.45, 7) is -0.539. The fourth-order valence-corrected chi connectivity index (χ4v) is 2.83. The summed E-state index contributed by atoms with van der Waals surface area (Å²) in [6, 6.07) is 4.88. The number of carbonyl (C=O) groups excluding carboxylic acids is 4. The van der Waals surface area contributed by atoms with Crippen molar-refractivity contribution in [1.82, 2.24) is 16.0 Å². The Morgan fingerprint density at radius 2 is 1.50 bits per heavy atom. The van der Waals surface area contributed by atoms with Gasteiger partial charge < -0.3 is 37.6 Å². The zero-order chi connectivity index (χ0) is 25.7. The first kappa shape index (κ1) is 28.0. The van der Waals surface area contributed by atoms with Crippen molar-refractivity contribution >= 4 is 35.6 Å². The summed E-state index contributed by atoms with van der Waals surface area (Å²) >= 11 is 0. The molecule has 13 heteroatoms. The van der Waals surface area contributed by atoms with E-state index in [1.54, 1.807) is 30.3 Å². The maximum atomic E-state index is 12.8. The van der Waals surface area contributed by atoms with E-state index < -0.39 is 60.2 Å². The van der Waals surface area contributed by atoms with Gasteiger partial charge >= 0.3 is 11.9 Å². The molecule has 0 bridgehead atoms. The van der Waals surface area contributed by atoms with E-state index in [0.717, 1.165) is 0 Å². The second-order valence-electron chi connectivity index (χ2n) is 7.47. The van der Waals surface area contributed by atoms with Gasteiger partial charge in [-0.2, -0.15) is 0 Å². The maximum absolute atomic E-state index is 12.8. The molecule has 0 radical (unpaired) electrons. The smallest absolute Gasteiger partial charge is 0.326 e. The summed E-state index contributed by atoms with van der Waals surface area (Å²) in [5, 5.41) is 24.9. The Morgan fingerprint density at radius 1 is 0.853 bits per heavy atom. The van der Waals surface area contributed by atoms with E-state index in [1.165, 1.54) is 0 Å². The van der Waals surface area contributed by atoms with Crippen LogP contribution in [-0.4, -0.2) is 70.5 Å². The Hall–Kier alpha value is -4.00. The predicted molar refractivity (Wildman–Crippen MR) is 118 cm³/mol. The first-order chi connectivity index (χ1) is 16.0. The molecule has 0 saturated heterocycles. The second kappa shape index (κ2) is 14.2. The van der Waals surface area contributed by atoms with Crippen LogP contribution in [0.2, 0.25) is 0 Å². The Balaban J connectivity index is 2.81. The molecule has 9 N–H and O–H groups in total. The van der Waals surface area contributed by atoms with Gasteiger partial charge in [0.1, 0.15) is 12.1 Å². The number of benzene rings is 1. The van der Waals surface area contributed by atoms with Crippen molar-refractivity contribution < 1.29 is 39.0 Å². The minimum absolute atomic E-state index is 0.0205. The summed E-state index contributed by atoms with van der Waals surface area (Å²) in [6.07, 6.45) is -0.912. The zero-order valence-corrected chi connectivity index (χ0v) is 18.4. The molecule has 0 aromatic heterocycles. The lowest BCUT2D eigenvalue weighted by Gasteiger charge is -2.22. The van der Waals surface area contributed by atoms with E-state index in [-0.39, 0.29) is 32.1 Å². The molecule has 0 aliphatic carbocycles. The highest BCUT2D eigenvalue weighted by molar-refractivity contribution is 5.92. The lowest BCUT2D eigenvalue weighted by Crippen LogP contribution is -2.54. The summed E-state index contributed by atoms with van der Waals surface area (Å²) in [4.78, 5) is 70.0. The normalized spacial score (nSPS) is 13.1. The average Bonchev–Trinajstić information content (AvgIpc) is 2.78. The molecule has 0 aliphatic rings. The summed E-state index contributed by atoms with van der Waals surface area (Å²) in [5.74, 6) is -5.52. The van der Waals surface area contributed by atoms with Crippen molar-refractivity contribution in [3.05, 3.63) is 35.9 Å². The van der Waals surface area contributed by atoms with E-state index in [1.807, 2.05) is 0 Å². The van der Waals surface area contributed by atoms with Gasteiger partial charge in [-0.15, -0.1) is 0 Å². The van der Waals surface area contributed by atoms with Crippen LogP contribution in [0, 0.1) is 0 Å². The number of aliphatic carboxylic acids is 2. The number of amides is 4. The average molecular weight is 479 g/mol. The van der Waals surface area contributed by atoms with Gasteiger partial charge in [-0.05, 0) is 18.4 Å². The van der Waals surface area contributed by atoms with Crippen LogP contribution < -0.4 is 27.4 Å². The SMILES string of the molecule is NC(=O)CCC(NC(=O)C(Cc1ccccc1)NC(=O)CNC(=O)C(N)CCC(=O)O)C(=O)O. The van der Waals surface area contributed by atoms with Crippen LogP contribution in [0.4, 0.5) is 0 Å². The van der Waals surface area contributed by atoms with Gasteiger partial charge in [0.15, 0.2) is 0 Å². The zero-order valence-electron chi connectivity index (χ0n) is 18.4. The number of carboxylic acid groups (broad SMARTS) is 2. The number of hydrogen-bond donors (Lipinski definition) is 7. The Kier molecular flexibility index (Phi) is 11.7. The molecule has 1 rings (SSSR count). The van der Waals surface area contributed by atoms with Crippen molar-refractivity contribution in [2.24, 2.45) is 11.5 Å². The Bertz CT molecular complexity index is 892. The van der Waals surface area contributed by atoms with Crippen LogP contribution in [0.1, 0.15) is 31.2 Å². The minimum Gasteiger partial charge on any atom is -0.481 e. The number of primary amides is 1. The van der Waals surface area contributed by atoms with Gasteiger partial charge in [0, 0.05) is 19.3 Å². The largest absolute Gasteiger partial charge is 0.481 e. The molecule has 34 heavy (non-hydrogen) atoms. The van der Waals surface area contributed by atoms with Crippen LogP contribution >= 0.6 is 0 Å². The molecular weight excluding hydrogens is 450 g/mol. The number of rotatable bonds is 15. The lowest BCUT2D eigenvalue weighted by molar-refractivity contribution is -0.142. The van der Waals surface area contributed by atoms with Gasteiger partial charge in [-0.25, -0.2) is 4.79 Å². The molecule has 186 valence electrons. The van der Waals surface area contributed by atoms with Crippen molar-refractivity contribution in [2.75, 3.05) is 6.54 Å². The van der Waals surface area contributed by atoms with E-state index in [0.29, 0.717) is 5.56 Å². The molecule has 0 spiro atoms. The third kappa shape index (κ3) is 11.0. The topological polar surface area (TPSA) is 231 Å². The van der Waals surface area contributed by atoms with E-state index in [9.17, 15) is 33.9 Å². The molecular formula is C21H29N5O8. The van der Waals surface area contributed by atoms with Crippen LogP contribution in [0.15, 0.2) is 30.3 Å². The maximum Gasteiger partial charge on any atom is 0.326 e. The van der Waals surface area contributed by atoms with Gasteiger partial charge in [0.05, 0.1) is 12.6 Å². The van der Waals surface area contributed by atoms with Gasteiger partial charge in [0.25, 0.3) is 0 Å². The quantitative estimate of drug-likeness (QED) is 0.145. The third-order valence-corrected chi connectivity index (χ3v) is 4.66. The number of carboxylic acids is 2. The number of nitrogens with one attached hydrogen (secondary N) is 3. The predicted octanol–water partition coefficient (Wildman–Crippen LogP) is -2.14. The molecule has 0 aliphatic heterocycles. The minimum atomic E-state index is -1.40. The summed E-state index contributed by atoms with van der Waals surface area (Å²) in [5.41, 5.74) is 11.3. The molecule has 13 nitrogen and oxygen atoms in total. The van der Waals surface area contributed by atoms with E-state index in [4.69, 9.17) is 16.6 Å². The molecule has 1 aromatic carbocycles. The van der Waals surface area contributed by atoms with Crippen LogP contribution in [0.5, 0.6) is 0 Å². The standard InChI is InChI=1S/C21H29N5O8/c22-13(6-9-18(29)30)19(31)24-11-17(28)25-15(10-12-4-2-1-3-5-12)20(32)26-14(21(33)34)7-8-16(23)27/h1-5,13-15H,6-11,22H2,(H2,23,27)(H,24,31)(H,25,28)(H,26,32)(H,29,30)(H,33,34). The summed E-state index contributed by atoms with van der Waals surface area (Å²) < 4.78 is 0. The molecule has 3 unspecified atom stereocenters. The number of hydrogen-bond acceptors (Lipinski definition) is 7. The Labute approximate surface area is 195 Å². The Morgan fingerprint density at radius 3 is 2.06 bits per heavy atom. The fourth-order valence-electron chi connectivity index (χ4n) is 2.83.